The number of piperidine rings is 1. The fraction of sp³-hybridized carbons (Fsp3) is 0.824. The maximum absolute atomic E-state index is 12.9. The number of likely N-dealkylation sites (tertiary alicyclic amines) is 1. The number of nitrogens with two attached hydrogens (primary N) is 1. The molecule has 2 heterocycles. The summed E-state index contributed by atoms with van der Waals surface area (Å²) in [6.45, 7) is 7.18. The molecule has 0 radical (unpaired) electrons. The van der Waals surface area contributed by atoms with Crippen LogP contribution in [-0.2, 0) is 11.3 Å². The molecule has 0 bridgehead atoms. The van der Waals surface area contributed by atoms with E-state index in [9.17, 15) is 4.79 Å². The molecule has 0 aromatic carbocycles. The molecule has 0 spiro atoms. The van der Waals surface area contributed by atoms with Crippen molar-refractivity contribution in [3.63, 3.8) is 0 Å². The van der Waals surface area contributed by atoms with Gasteiger partial charge in [0.05, 0.1) is 0 Å². The van der Waals surface area contributed by atoms with Crippen LogP contribution in [0.2, 0.25) is 0 Å². The maximum atomic E-state index is 12.9. The van der Waals surface area contributed by atoms with Gasteiger partial charge < -0.3 is 10.6 Å². The third kappa shape index (κ3) is 3.57. The van der Waals surface area contributed by atoms with Gasteiger partial charge in [-0.3, -0.25) is 4.79 Å². The molecule has 2 fully saturated rings. The lowest BCUT2D eigenvalue weighted by Crippen LogP contribution is -2.45. The van der Waals surface area contributed by atoms with E-state index in [1.807, 2.05) is 18.5 Å². The van der Waals surface area contributed by atoms with E-state index in [0.717, 1.165) is 63.4 Å². The Morgan fingerprint density at radius 1 is 1.26 bits per heavy atom. The van der Waals surface area contributed by atoms with Crippen LogP contribution in [0.4, 0.5) is 0 Å². The van der Waals surface area contributed by atoms with E-state index in [1.54, 1.807) is 0 Å². The highest BCUT2D eigenvalue weighted by molar-refractivity contribution is 5.79. The molecule has 1 saturated carbocycles. The van der Waals surface area contributed by atoms with Crippen molar-refractivity contribution in [2.45, 2.75) is 52.5 Å². The van der Waals surface area contributed by atoms with Crippen molar-refractivity contribution >= 4 is 5.91 Å². The first-order chi connectivity index (χ1) is 11.1. The maximum Gasteiger partial charge on any atom is 0.226 e. The second-order valence-corrected chi connectivity index (χ2v) is 7.21. The molecule has 1 saturated heterocycles. The monoisotopic (exact) mass is 319 g/mol. The predicted octanol–water partition coefficient (Wildman–Crippen LogP) is 1.51. The van der Waals surface area contributed by atoms with Gasteiger partial charge in [0, 0.05) is 25.6 Å². The first kappa shape index (κ1) is 16.4. The molecular weight excluding hydrogens is 290 g/mol. The Kier molecular flexibility index (Phi) is 4.99. The summed E-state index contributed by atoms with van der Waals surface area (Å²) in [5.74, 6) is 3.16. The smallest absolute Gasteiger partial charge is 0.226 e. The molecule has 6 heteroatoms. The van der Waals surface area contributed by atoms with Crippen molar-refractivity contribution in [2.75, 3.05) is 19.6 Å². The summed E-state index contributed by atoms with van der Waals surface area (Å²) in [5, 5.41) is 4.46. The summed E-state index contributed by atoms with van der Waals surface area (Å²) in [4.78, 5) is 19.3. The van der Waals surface area contributed by atoms with Crippen LogP contribution >= 0.6 is 0 Å². The zero-order valence-corrected chi connectivity index (χ0v) is 14.4. The van der Waals surface area contributed by atoms with Gasteiger partial charge in [0.25, 0.3) is 0 Å². The van der Waals surface area contributed by atoms with Crippen molar-refractivity contribution in [1.82, 2.24) is 19.7 Å². The fourth-order valence-corrected chi connectivity index (χ4v) is 4.27. The number of carbonyl (C=O) groups is 1. The predicted molar refractivity (Wildman–Crippen MR) is 88.7 cm³/mol. The second-order valence-electron chi connectivity index (χ2n) is 7.21. The number of rotatable bonds is 4. The molecule has 1 unspecified atom stereocenters. The van der Waals surface area contributed by atoms with E-state index >= 15 is 0 Å². The first-order valence-electron chi connectivity index (χ1n) is 8.95. The number of nitrogens with zero attached hydrogens (tertiary/aromatic N) is 4. The third-order valence-corrected chi connectivity index (χ3v) is 5.50. The Morgan fingerprint density at radius 3 is 2.78 bits per heavy atom. The van der Waals surface area contributed by atoms with Crippen molar-refractivity contribution in [2.24, 2.45) is 23.5 Å². The lowest BCUT2D eigenvalue weighted by molar-refractivity contribution is -0.138. The molecular formula is C17H29N5O. The average molecular weight is 319 g/mol. The summed E-state index contributed by atoms with van der Waals surface area (Å²) >= 11 is 0. The van der Waals surface area contributed by atoms with Crippen LogP contribution in [-0.4, -0.2) is 45.2 Å². The average Bonchev–Trinajstić information content (AvgIpc) is 3.13. The Balaban J connectivity index is 1.61. The second kappa shape index (κ2) is 6.99. The van der Waals surface area contributed by atoms with Crippen LogP contribution in [0.3, 0.4) is 0 Å². The highest BCUT2D eigenvalue weighted by Crippen LogP contribution is 2.33. The summed E-state index contributed by atoms with van der Waals surface area (Å²) in [6.07, 6.45) is 5.52. The lowest BCUT2D eigenvalue weighted by atomic mass is 9.92. The van der Waals surface area contributed by atoms with Gasteiger partial charge in [-0.25, -0.2) is 9.67 Å². The Hall–Kier alpha value is -1.43. The number of aryl methyl sites for hydroxylation is 2. The van der Waals surface area contributed by atoms with Gasteiger partial charge in [0.2, 0.25) is 5.91 Å². The summed E-state index contributed by atoms with van der Waals surface area (Å²) in [5.41, 5.74) is 5.85. The molecule has 2 aliphatic rings. The Labute approximate surface area is 138 Å². The fourth-order valence-electron chi connectivity index (χ4n) is 4.27. The van der Waals surface area contributed by atoms with Gasteiger partial charge in [0.1, 0.15) is 11.6 Å². The molecule has 6 nitrogen and oxygen atoms in total. The van der Waals surface area contributed by atoms with Crippen LogP contribution in [0.1, 0.15) is 43.8 Å². The minimum atomic E-state index is 0.161. The van der Waals surface area contributed by atoms with Crippen molar-refractivity contribution < 1.29 is 4.79 Å². The van der Waals surface area contributed by atoms with E-state index in [-0.39, 0.29) is 5.92 Å². The van der Waals surface area contributed by atoms with Crippen LogP contribution in [0.15, 0.2) is 0 Å². The van der Waals surface area contributed by atoms with Crippen molar-refractivity contribution in [1.29, 1.82) is 0 Å². The Morgan fingerprint density at radius 2 is 2.09 bits per heavy atom. The summed E-state index contributed by atoms with van der Waals surface area (Å²) in [7, 11) is 0. The van der Waals surface area contributed by atoms with Gasteiger partial charge in [-0.05, 0) is 57.9 Å². The van der Waals surface area contributed by atoms with Crippen LogP contribution in [0, 0.1) is 31.6 Å². The minimum Gasteiger partial charge on any atom is -0.342 e. The van der Waals surface area contributed by atoms with E-state index in [4.69, 9.17) is 5.73 Å². The van der Waals surface area contributed by atoms with Gasteiger partial charge >= 0.3 is 0 Å². The number of aromatic nitrogens is 3. The normalized spacial score (nSPS) is 28.3. The largest absolute Gasteiger partial charge is 0.342 e. The van der Waals surface area contributed by atoms with E-state index < -0.39 is 0 Å². The lowest BCUT2D eigenvalue weighted by Gasteiger charge is -2.35. The quantitative estimate of drug-likeness (QED) is 0.912. The standard InChI is InChI=1S/C17H29N5O/c1-12-19-13(2)22(20-12)11-14-5-4-8-21(10-14)17(23)16-7-3-6-15(16)9-18/h14-16H,3-11,18H2,1-2H3/t14?,15-,16-/m1/s1. The number of carbonyl (C=O) groups excluding carboxylic acids is 1. The van der Waals surface area contributed by atoms with Gasteiger partial charge in [-0.2, -0.15) is 5.10 Å². The molecule has 2 N–H and O–H groups in total. The van der Waals surface area contributed by atoms with Crippen LogP contribution < -0.4 is 5.73 Å². The SMILES string of the molecule is Cc1nc(C)n(CC2CCCN(C(=O)[C@@H]3CCC[C@@H]3CN)C2)n1. The minimum absolute atomic E-state index is 0.161. The molecule has 1 aliphatic heterocycles. The van der Waals surface area contributed by atoms with E-state index in [0.29, 0.717) is 24.3 Å². The van der Waals surface area contributed by atoms with E-state index in [2.05, 4.69) is 15.0 Å². The van der Waals surface area contributed by atoms with Crippen molar-refractivity contribution in [3.8, 4) is 0 Å². The van der Waals surface area contributed by atoms with Gasteiger partial charge in [-0.15, -0.1) is 0 Å². The summed E-state index contributed by atoms with van der Waals surface area (Å²) in [6, 6.07) is 0. The Bertz CT molecular complexity index is 555. The van der Waals surface area contributed by atoms with Crippen LogP contribution in [0.25, 0.3) is 0 Å². The topological polar surface area (TPSA) is 77.0 Å². The number of hydrogen-bond acceptors (Lipinski definition) is 4. The zero-order valence-electron chi connectivity index (χ0n) is 14.4. The molecule has 3 atom stereocenters. The van der Waals surface area contributed by atoms with Gasteiger partial charge in [-0.1, -0.05) is 6.42 Å². The molecule has 1 aromatic heterocycles. The summed E-state index contributed by atoms with van der Waals surface area (Å²) < 4.78 is 1.99. The number of hydrogen-bond donors (Lipinski definition) is 1. The molecule has 1 aliphatic carbocycles. The van der Waals surface area contributed by atoms with Gasteiger partial charge in [0.15, 0.2) is 0 Å². The van der Waals surface area contributed by atoms with Crippen LogP contribution in [0.5, 0.6) is 0 Å². The molecule has 23 heavy (non-hydrogen) atoms. The highest BCUT2D eigenvalue weighted by atomic mass is 16.2. The van der Waals surface area contributed by atoms with E-state index in [1.165, 1.54) is 0 Å². The molecule has 128 valence electrons. The molecule has 1 amide bonds. The first-order valence-corrected chi connectivity index (χ1v) is 8.95. The van der Waals surface area contributed by atoms with Crippen molar-refractivity contribution in [3.05, 3.63) is 11.6 Å². The molecule has 3 rings (SSSR count). The highest BCUT2D eigenvalue weighted by Gasteiger charge is 2.36. The third-order valence-electron chi connectivity index (χ3n) is 5.50. The molecule has 1 aromatic rings. The number of amides is 1. The zero-order chi connectivity index (χ0) is 16.4.